The van der Waals surface area contributed by atoms with E-state index in [4.69, 9.17) is 4.74 Å². The van der Waals surface area contributed by atoms with Crippen LogP contribution < -0.4 is 0 Å². The van der Waals surface area contributed by atoms with E-state index in [1.807, 2.05) is 23.1 Å². The third kappa shape index (κ3) is 4.69. The Morgan fingerprint density at radius 1 is 1.28 bits per heavy atom. The van der Waals surface area contributed by atoms with Crippen LogP contribution in [0.2, 0.25) is 0 Å². The van der Waals surface area contributed by atoms with Crippen molar-refractivity contribution < 1.29 is 4.74 Å². The second-order valence-corrected chi connectivity index (χ2v) is 7.48. The average Bonchev–Trinajstić information content (AvgIpc) is 2.95. The van der Waals surface area contributed by atoms with E-state index in [1.54, 1.807) is 0 Å². The van der Waals surface area contributed by atoms with Gasteiger partial charge in [-0.2, -0.15) is 5.10 Å². The molecule has 0 bridgehead atoms. The molecule has 0 spiro atoms. The van der Waals surface area contributed by atoms with Gasteiger partial charge in [0.2, 0.25) is 0 Å². The van der Waals surface area contributed by atoms with E-state index in [0.717, 1.165) is 39.4 Å². The maximum absolute atomic E-state index is 5.84. The van der Waals surface area contributed by atoms with E-state index in [2.05, 4.69) is 55.0 Å². The molecule has 1 aliphatic rings. The molecule has 3 rings (SSSR count). The highest BCUT2D eigenvalue weighted by atomic mass is 16.5. The molecule has 1 atom stereocenters. The van der Waals surface area contributed by atoms with Crippen LogP contribution in [0.15, 0.2) is 30.6 Å². The number of ether oxygens (including phenoxy) is 1. The molecule has 0 amide bonds. The van der Waals surface area contributed by atoms with E-state index in [9.17, 15) is 0 Å². The number of benzene rings is 1. The standard InChI is InChI=1S/C20H30N4O/c1-16-10-17(2)20(24-7-5-6-21-24)19(11-16)14-23-8-9-25-15-18(13-23)12-22(3)4/h5-7,10-11,18H,8-9,12-15H2,1-4H3/t18-/m0/s1. The number of rotatable bonds is 5. The molecule has 136 valence electrons. The first-order chi connectivity index (χ1) is 12.0. The first kappa shape index (κ1) is 18.1. The van der Waals surface area contributed by atoms with Crippen molar-refractivity contribution >= 4 is 0 Å². The molecule has 1 saturated heterocycles. The van der Waals surface area contributed by atoms with Crippen LogP contribution in [0.25, 0.3) is 5.69 Å². The fraction of sp³-hybridized carbons (Fsp3) is 0.550. The Labute approximate surface area is 151 Å². The Kier molecular flexibility index (Phi) is 5.89. The smallest absolute Gasteiger partial charge is 0.0719 e. The van der Waals surface area contributed by atoms with Gasteiger partial charge in [0.25, 0.3) is 0 Å². The number of aromatic nitrogens is 2. The number of hydrogen-bond donors (Lipinski definition) is 0. The summed E-state index contributed by atoms with van der Waals surface area (Å²) in [6.07, 6.45) is 3.87. The third-order valence-electron chi connectivity index (χ3n) is 4.70. The highest BCUT2D eigenvalue weighted by Crippen LogP contribution is 2.23. The quantitative estimate of drug-likeness (QED) is 0.836. The lowest BCUT2D eigenvalue weighted by atomic mass is 10.0. The van der Waals surface area contributed by atoms with Gasteiger partial charge in [0.1, 0.15) is 0 Å². The van der Waals surface area contributed by atoms with Gasteiger partial charge in [-0.25, -0.2) is 4.68 Å². The molecule has 2 heterocycles. The second-order valence-electron chi connectivity index (χ2n) is 7.48. The molecule has 0 radical (unpaired) electrons. The monoisotopic (exact) mass is 342 g/mol. The molecule has 25 heavy (non-hydrogen) atoms. The summed E-state index contributed by atoms with van der Waals surface area (Å²) in [4.78, 5) is 4.78. The zero-order valence-corrected chi connectivity index (χ0v) is 15.9. The summed E-state index contributed by atoms with van der Waals surface area (Å²) in [5, 5.41) is 4.47. The van der Waals surface area contributed by atoms with E-state index in [-0.39, 0.29) is 0 Å². The second kappa shape index (κ2) is 8.13. The lowest BCUT2D eigenvalue weighted by molar-refractivity contribution is 0.112. The Morgan fingerprint density at radius 2 is 2.12 bits per heavy atom. The summed E-state index contributed by atoms with van der Waals surface area (Å²) < 4.78 is 7.84. The lowest BCUT2D eigenvalue weighted by Crippen LogP contribution is -2.34. The van der Waals surface area contributed by atoms with Gasteiger partial charge in [-0.05, 0) is 45.1 Å². The van der Waals surface area contributed by atoms with Crippen molar-refractivity contribution in [1.29, 1.82) is 0 Å². The maximum Gasteiger partial charge on any atom is 0.0719 e. The van der Waals surface area contributed by atoms with Gasteiger partial charge < -0.3 is 9.64 Å². The molecule has 0 unspecified atom stereocenters. The van der Waals surface area contributed by atoms with Crippen molar-refractivity contribution in [3.63, 3.8) is 0 Å². The summed E-state index contributed by atoms with van der Waals surface area (Å²) in [5.41, 5.74) is 5.13. The molecule has 0 saturated carbocycles. The van der Waals surface area contributed by atoms with Crippen LogP contribution in [-0.2, 0) is 11.3 Å². The fourth-order valence-electron chi connectivity index (χ4n) is 3.86. The van der Waals surface area contributed by atoms with Gasteiger partial charge in [-0.15, -0.1) is 0 Å². The Bertz CT molecular complexity index is 681. The lowest BCUT2D eigenvalue weighted by Gasteiger charge is -2.26. The van der Waals surface area contributed by atoms with Gasteiger partial charge in [-0.1, -0.05) is 17.7 Å². The van der Waals surface area contributed by atoms with Crippen molar-refractivity contribution in [2.45, 2.75) is 20.4 Å². The van der Waals surface area contributed by atoms with E-state index in [1.165, 1.54) is 22.4 Å². The number of aryl methyl sites for hydroxylation is 2. The number of nitrogens with zero attached hydrogens (tertiary/aromatic N) is 4. The first-order valence-electron chi connectivity index (χ1n) is 9.08. The zero-order chi connectivity index (χ0) is 17.8. The van der Waals surface area contributed by atoms with Crippen LogP contribution in [0, 0.1) is 19.8 Å². The topological polar surface area (TPSA) is 33.5 Å². The molecule has 0 N–H and O–H groups in total. The molecule has 2 aromatic rings. The summed E-state index contributed by atoms with van der Waals surface area (Å²) in [6.45, 7) is 10.1. The van der Waals surface area contributed by atoms with Gasteiger partial charge >= 0.3 is 0 Å². The van der Waals surface area contributed by atoms with Crippen LogP contribution in [0.4, 0.5) is 0 Å². The minimum atomic E-state index is 0.552. The fourth-order valence-corrected chi connectivity index (χ4v) is 3.86. The van der Waals surface area contributed by atoms with Gasteiger partial charge in [0.05, 0.1) is 18.9 Å². The van der Waals surface area contributed by atoms with E-state index in [0.29, 0.717) is 5.92 Å². The summed E-state index contributed by atoms with van der Waals surface area (Å²) >= 11 is 0. The Balaban J connectivity index is 1.84. The van der Waals surface area contributed by atoms with Crippen molar-refractivity contribution in [1.82, 2.24) is 19.6 Å². The van der Waals surface area contributed by atoms with E-state index >= 15 is 0 Å². The third-order valence-corrected chi connectivity index (χ3v) is 4.70. The predicted molar refractivity (Wildman–Crippen MR) is 101 cm³/mol. The van der Waals surface area contributed by atoms with Crippen molar-refractivity contribution in [3.8, 4) is 5.69 Å². The van der Waals surface area contributed by atoms with Crippen LogP contribution in [-0.4, -0.2) is 66.5 Å². The minimum absolute atomic E-state index is 0.552. The molecule has 0 aliphatic carbocycles. The SMILES string of the molecule is Cc1cc(C)c(-n2cccn2)c(CN2CCOC[C@@H](CN(C)C)C2)c1. The van der Waals surface area contributed by atoms with E-state index < -0.39 is 0 Å². The van der Waals surface area contributed by atoms with Crippen LogP contribution in [0.5, 0.6) is 0 Å². The van der Waals surface area contributed by atoms with Gasteiger partial charge in [0.15, 0.2) is 0 Å². The zero-order valence-electron chi connectivity index (χ0n) is 15.9. The predicted octanol–water partition coefficient (Wildman–Crippen LogP) is 2.50. The van der Waals surface area contributed by atoms with Crippen molar-refractivity contribution in [3.05, 3.63) is 47.3 Å². The first-order valence-corrected chi connectivity index (χ1v) is 9.08. The van der Waals surface area contributed by atoms with Gasteiger partial charge in [0, 0.05) is 44.5 Å². The Hall–Kier alpha value is -1.69. The largest absolute Gasteiger partial charge is 0.380 e. The molecular formula is C20H30N4O. The van der Waals surface area contributed by atoms with Crippen molar-refractivity contribution in [2.24, 2.45) is 5.92 Å². The molecular weight excluding hydrogens is 312 g/mol. The minimum Gasteiger partial charge on any atom is -0.380 e. The molecule has 1 aromatic carbocycles. The molecule has 1 fully saturated rings. The molecule has 1 aromatic heterocycles. The van der Waals surface area contributed by atoms with Gasteiger partial charge in [-0.3, -0.25) is 4.90 Å². The van der Waals surface area contributed by atoms with Crippen LogP contribution >= 0.6 is 0 Å². The van der Waals surface area contributed by atoms with Crippen LogP contribution in [0.1, 0.15) is 16.7 Å². The molecule has 5 heteroatoms. The summed E-state index contributed by atoms with van der Waals surface area (Å²) in [7, 11) is 4.27. The van der Waals surface area contributed by atoms with Crippen LogP contribution in [0.3, 0.4) is 0 Å². The van der Waals surface area contributed by atoms with Crippen molar-refractivity contribution in [2.75, 3.05) is 46.9 Å². The normalized spacial score (nSPS) is 19.3. The average molecular weight is 342 g/mol. The number of hydrogen-bond acceptors (Lipinski definition) is 4. The molecule has 5 nitrogen and oxygen atoms in total. The highest BCUT2D eigenvalue weighted by molar-refractivity contribution is 5.49. The summed E-state index contributed by atoms with van der Waals surface area (Å²) in [6, 6.07) is 6.52. The maximum atomic E-state index is 5.84. The summed E-state index contributed by atoms with van der Waals surface area (Å²) in [5.74, 6) is 0.552. The molecule has 1 aliphatic heterocycles. The Morgan fingerprint density at radius 3 is 2.84 bits per heavy atom. The highest BCUT2D eigenvalue weighted by Gasteiger charge is 2.21.